The fraction of sp³-hybridized carbons (Fsp3) is 0.125. The van der Waals surface area contributed by atoms with Crippen molar-refractivity contribution in [2.45, 2.75) is 13.3 Å². The van der Waals surface area contributed by atoms with Crippen LogP contribution in [0.25, 0.3) is 0 Å². The van der Waals surface area contributed by atoms with E-state index >= 15 is 0 Å². The van der Waals surface area contributed by atoms with Crippen molar-refractivity contribution in [2.24, 2.45) is 0 Å². The van der Waals surface area contributed by atoms with Crippen LogP contribution < -0.4 is 0 Å². The molecule has 0 spiro atoms. The number of carbonyl (C=O) groups is 2. The molecule has 5 heteroatoms. The molecule has 0 saturated heterocycles. The second-order valence-electron chi connectivity index (χ2n) is 4.63. The highest BCUT2D eigenvalue weighted by atomic mass is 32.1. The number of aliphatic carboxylic acids is 1. The molecule has 0 amide bonds. The van der Waals surface area contributed by atoms with Gasteiger partial charge in [0.2, 0.25) is 5.76 Å². The molecule has 1 heterocycles. The molecule has 0 unspecified atom stereocenters. The zero-order valence-corrected chi connectivity index (χ0v) is 12.2. The second-order valence-corrected chi connectivity index (χ2v) is 5.80. The van der Waals surface area contributed by atoms with E-state index in [9.17, 15) is 9.59 Å². The summed E-state index contributed by atoms with van der Waals surface area (Å²) in [6, 6.07) is 11.6. The Hall–Kier alpha value is -2.40. The lowest BCUT2D eigenvalue weighted by Gasteiger charge is -1.99. The summed E-state index contributed by atoms with van der Waals surface area (Å²) in [4.78, 5) is 23.7. The van der Waals surface area contributed by atoms with E-state index < -0.39 is 17.5 Å². The monoisotopic (exact) mass is 302 g/mol. The first-order chi connectivity index (χ1) is 9.95. The lowest BCUT2D eigenvalue weighted by molar-refractivity contribution is -0.135. The van der Waals surface area contributed by atoms with Crippen molar-refractivity contribution in [3.05, 3.63) is 69.1 Å². The summed E-state index contributed by atoms with van der Waals surface area (Å²) in [5.41, 5.74) is 2.33. The third kappa shape index (κ3) is 4.03. The predicted octanol–water partition coefficient (Wildman–Crippen LogP) is 3.36. The first-order valence-corrected chi connectivity index (χ1v) is 7.10. The van der Waals surface area contributed by atoms with Crippen molar-refractivity contribution >= 4 is 23.1 Å². The molecule has 0 aliphatic carbocycles. The van der Waals surface area contributed by atoms with E-state index in [4.69, 9.17) is 10.2 Å². The number of carboxylic acid groups (broad SMARTS) is 1. The number of hydrogen-bond acceptors (Lipinski definition) is 4. The van der Waals surface area contributed by atoms with Crippen LogP contribution in [0.1, 0.15) is 25.7 Å². The number of carboxylic acids is 1. The molecule has 0 atom stereocenters. The van der Waals surface area contributed by atoms with Crippen molar-refractivity contribution < 1.29 is 19.8 Å². The number of rotatable bonds is 5. The van der Waals surface area contributed by atoms with Crippen LogP contribution in [0.15, 0.2) is 48.2 Å². The SMILES string of the molecule is Cc1ccc(Cc2ccc(C(=O)C=C(O)C(=O)O)s2)cc1. The van der Waals surface area contributed by atoms with Crippen LogP contribution in [-0.4, -0.2) is 22.0 Å². The molecule has 1 aromatic carbocycles. The Morgan fingerprint density at radius 2 is 1.76 bits per heavy atom. The molecule has 0 saturated carbocycles. The van der Waals surface area contributed by atoms with Gasteiger partial charge in [0.05, 0.1) is 4.88 Å². The van der Waals surface area contributed by atoms with Gasteiger partial charge in [0.1, 0.15) is 0 Å². The summed E-state index contributed by atoms with van der Waals surface area (Å²) in [6.45, 7) is 2.02. The number of carbonyl (C=O) groups excluding carboxylic acids is 1. The number of benzene rings is 1. The molecule has 1 aromatic heterocycles. The fourth-order valence-corrected chi connectivity index (χ4v) is 2.72. The van der Waals surface area contributed by atoms with Gasteiger partial charge in [-0.05, 0) is 24.6 Å². The zero-order valence-electron chi connectivity index (χ0n) is 11.4. The fourth-order valence-electron chi connectivity index (χ4n) is 1.77. The Morgan fingerprint density at radius 3 is 2.38 bits per heavy atom. The van der Waals surface area contributed by atoms with E-state index in [0.29, 0.717) is 11.3 Å². The minimum Gasteiger partial charge on any atom is -0.502 e. The van der Waals surface area contributed by atoms with E-state index in [1.807, 2.05) is 37.3 Å². The lowest BCUT2D eigenvalue weighted by atomic mass is 10.1. The maximum Gasteiger partial charge on any atom is 0.371 e. The number of ketones is 1. The minimum absolute atomic E-state index is 0.407. The first-order valence-electron chi connectivity index (χ1n) is 6.28. The molecule has 2 aromatic rings. The summed E-state index contributed by atoms with van der Waals surface area (Å²) in [7, 11) is 0. The van der Waals surface area contributed by atoms with Crippen LogP contribution in [0, 0.1) is 6.92 Å². The van der Waals surface area contributed by atoms with Crippen LogP contribution in [0.5, 0.6) is 0 Å². The third-order valence-corrected chi connectivity index (χ3v) is 3.99. The molecule has 2 rings (SSSR count). The van der Waals surface area contributed by atoms with Crippen LogP contribution in [0.4, 0.5) is 0 Å². The Bertz CT molecular complexity index is 695. The molecule has 0 radical (unpaired) electrons. The van der Waals surface area contributed by atoms with Crippen molar-refractivity contribution in [2.75, 3.05) is 0 Å². The number of hydrogen-bond donors (Lipinski definition) is 2. The maximum absolute atomic E-state index is 11.8. The molecule has 21 heavy (non-hydrogen) atoms. The summed E-state index contributed by atoms with van der Waals surface area (Å²) in [5.74, 6) is -2.97. The molecule has 0 bridgehead atoms. The van der Waals surface area contributed by atoms with Gasteiger partial charge in [0.25, 0.3) is 0 Å². The summed E-state index contributed by atoms with van der Waals surface area (Å²) in [6.07, 6.45) is 1.44. The highest BCUT2D eigenvalue weighted by Gasteiger charge is 2.12. The van der Waals surface area contributed by atoms with Crippen molar-refractivity contribution in [1.29, 1.82) is 0 Å². The minimum atomic E-state index is -1.51. The molecule has 108 valence electrons. The van der Waals surface area contributed by atoms with E-state index in [1.54, 1.807) is 6.07 Å². The van der Waals surface area contributed by atoms with Gasteiger partial charge >= 0.3 is 5.97 Å². The number of aliphatic hydroxyl groups is 1. The Kier molecular flexibility index (Phi) is 4.55. The average Bonchev–Trinajstić information content (AvgIpc) is 2.90. The average molecular weight is 302 g/mol. The Morgan fingerprint density at radius 1 is 1.10 bits per heavy atom. The summed E-state index contributed by atoms with van der Waals surface area (Å²) in [5, 5.41) is 17.6. The van der Waals surface area contributed by atoms with E-state index in [-0.39, 0.29) is 0 Å². The smallest absolute Gasteiger partial charge is 0.371 e. The molecular weight excluding hydrogens is 288 g/mol. The largest absolute Gasteiger partial charge is 0.502 e. The van der Waals surface area contributed by atoms with Crippen LogP contribution in [-0.2, 0) is 11.2 Å². The highest BCUT2D eigenvalue weighted by Crippen LogP contribution is 2.21. The topological polar surface area (TPSA) is 74.6 Å². The molecule has 4 nitrogen and oxygen atoms in total. The van der Waals surface area contributed by atoms with Crippen molar-refractivity contribution in [1.82, 2.24) is 0 Å². The summed E-state index contributed by atoms with van der Waals surface area (Å²) < 4.78 is 0. The van der Waals surface area contributed by atoms with Gasteiger partial charge in [-0.15, -0.1) is 11.3 Å². The molecular formula is C16H14O4S. The molecule has 0 aliphatic rings. The molecule has 0 fully saturated rings. The van der Waals surface area contributed by atoms with Gasteiger partial charge in [-0.25, -0.2) is 4.79 Å². The number of allylic oxidation sites excluding steroid dienone is 1. The normalized spacial score (nSPS) is 11.4. The van der Waals surface area contributed by atoms with Gasteiger partial charge in [0, 0.05) is 17.4 Å². The highest BCUT2D eigenvalue weighted by molar-refractivity contribution is 7.14. The van der Waals surface area contributed by atoms with Gasteiger partial charge in [0.15, 0.2) is 5.78 Å². The maximum atomic E-state index is 11.8. The Balaban J connectivity index is 2.11. The van der Waals surface area contributed by atoms with Crippen molar-refractivity contribution in [3.63, 3.8) is 0 Å². The van der Waals surface area contributed by atoms with Crippen LogP contribution in [0.3, 0.4) is 0 Å². The standard InChI is InChI=1S/C16H14O4S/c1-10-2-4-11(5-3-10)8-12-6-7-15(21-12)13(17)9-14(18)16(19)20/h2-7,9,18H,8H2,1H3,(H,19,20). The second kappa shape index (κ2) is 6.37. The first kappa shape index (κ1) is 15.0. The lowest BCUT2D eigenvalue weighted by Crippen LogP contribution is -2.02. The predicted molar refractivity (Wildman–Crippen MR) is 81.0 cm³/mol. The van der Waals surface area contributed by atoms with Gasteiger partial charge in [-0.2, -0.15) is 0 Å². The number of aryl methyl sites for hydroxylation is 1. The van der Waals surface area contributed by atoms with E-state index in [1.165, 1.54) is 16.9 Å². The van der Waals surface area contributed by atoms with Gasteiger partial charge < -0.3 is 10.2 Å². The number of thiophene rings is 1. The van der Waals surface area contributed by atoms with E-state index in [2.05, 4.69) is 0 Å². The zero-order chi connectivity index (χ0) is 15.4. The third-order valence-electron chi connectivity index (χ3n) is 2.89. The molecule has 2 N–H and O–H groups in total. The van der Waals surface area contributed by atoms with Crippen molar-refractivity contribution in [3.8, 4) is 0 Å². The van der Waals surface area contributed by atoms with Gasteiger partial charge in [-0.1, -0.05) is 29.8 Å². The Labute approximate surface area is 126 Å². The summed E-state index contributed by atoms with van der Waals surface area (Å²) >= 11 is 1.30. The van der Waals surface area contributed by atoms with Crippen LogP contribution >= 0.6 is 11.3 Å². The van der Waals surface area contributed by atoms with Gasteiger partial charge in [-0.3, -0.25) is 4.79 Å². The van der Waals surface area contributed by atoms with Crippen LogP contribution in [0.2, 0.25) is 0 Å². The molecule has 0 aliphatic heterocycles. The number of aliphatic hydroxyl groups excluding tert-OH is 1. The van der Waals surface area contributed by atoms with E-state index in [0.717, 1.165) is 16.5 Å². The quantitative estimate of drug-likeness (QED) is 0.504.